The fourth-order valence-corrected chi connectivity index (χ4v) is 2.62. The lowest BCUT2D eigenvalue weighted by Gasteiger charge is -2.06. The van der Waals surface area contributed by atoms with Crippen molar-refractivity contribution in [2.75, 3.05) is 0 Å². The molecule has 0 aliphatic carbocycles. The van der Waals surface area contributed by atoms with E-state index in [0.717, 1.165) is 0 Å². The standard InChI is InChI=1S/C22H16N4O4/c27-21(29-13-16-5-1-3-11-23-16)18-9-7-15-8-10-19(26-20(15)25-18)22(28)30-14-17-6-2-4-12-24-17/h1-12H,13-14H2. The van der Waals surface area contributed by atoms with Crippen molar-refractivity contribution in [3.8, 4) is 0 Å². The fourth-order valence-electron chi connectivity index (χ4n) is 2.62. The number of carbonyl (C=O) groups excluding carboxylic acids is 2. The number of hydrogen-bond acceptors (Lipinski definition) is 8. The Morgan fingerprint density at radius 2 is 1.17 bits per heavy atom. The first kappa shape index (κ1) is 19.1. The fraction of sp³-hybridized carbons (Fsp3) is 0.0909. The lowest BCUT2D eigenvalue weighted by atomic mass is 10.2. The van der Waals surface area contributed by atoms with E-state index < -0.39 is 11.9 Å². The molecule has 0 spiro atoms. The Hall–Kier alpha value is -4.20. The lowest BCUT2D eigenvalue weighted by molar-refractivity contribution is 0.0454. The van der Waals surface area contributed by atoms with Gasteiger partial charge in [0.15, 0.2) is 17.0 Å². The Morgan fingerprint density at radius 3 is 1.60 bits per heavy atom. The number of esters is 2. The molecule has 4 heterocycles. The van der Waals surface area contributed by atoms with Gasteiger partial charge in [-0.25, -0.2) is 19.6 Å². The zero-order chi connectivity index (χ0) is 20.8. The van der Waals surface area contributed by atoms with E-state index in [1.807, 2.05) is 12.1 Å². The molecule has 0 unspecified atom stereocenters. The minimum Gasteiger partial charge on any atom is -0.454 e. The molecule has 0 saturated carbocycles. The van der Waals surface area contributed by atoms with Crippen molar-refractivity contribution >= 4 is 23.0 Å². The van der Waals surface area contributed by atoms with Crippen molar-refractivity contribution in [2.45, 2.75) is 13.2 Å². The van der Waals surface area contributed by atoms with Gasteiger partial charge in [0.05, 0.1) is 11.4 Å². The highest BCUT2D eigenvalue weighted by Crippen LogP contribution is 2.14. The molecule has 4 aromatic heterocycles. The molecule has 0 aliphatic heterocycles. The predicted molar refractivity (Wildman–Crippen MR) is 106 cm³/mol. The number of fused-ring (bicyclic) bond motifs is 1. The molecule has 148 valence electrons. The topological polar surface area (TPSA) is 104 Å². The number of nitrogens with zero attached hydrogens (tertiary/aromatic N) is 4. The van der Waals surface area contributed by atoms with Gasteiger partial charge in [-0.1, -0.05) is 12.1 Å². The van der Waals surface area contributed by atoms with Crippen LogP contribution >= 0.6 is 0 Å². The Balaban J connectivity index is 1.46. The van der Waals surface area contributed by atoms with Crippen LogP contribution in [0.3, 0.4) is 0 Å². The largest absolute Gasteiger partial charge is 0.454 e. The second kappa shape index (κ2) is 8.87. The van der Waals surface area contributed by atoms with E-state index in [0.29, 0.717) is 16.8 Å². The van der Waals surface area contributed by atoms with Gasteiger partial charge in [-0.2, -0.15) is 0 Å². The number of carbonyl (C=O) groups is 2. The van der Waals surface area contributed by atoms with Gasteiger partial charge < -0.3 is 9.47 Å². The van der Waals surface area contributed by atoms with Crippen LogP contribution in [-0.2, 0) is 22.7 Å². The molecule has 0 saturated heterocycles. The Labute approximate surface area is 171 Å². The number of pyridine rings is 4. The number of rotatable bonds is 6. The van der Waals surface area contributed by atoms with Gasteiger partial charge in [-0.15, -0.1) is 0 Å². The van der Waals surface area contributed by atoms with E-state index in [9.17, 15) is 9.59 Å². The predicted octanol–water partition coefficient (Wildman–Crippen LogP) is 3.13. The molecule has 30 heavy (non-hydrogen) atoms. The van der Waals surface area contributed by atoms with Gasteiger partial charge in [0, 0.05) is 17.8 Å². The van der Waals surface area contributed by atoms with Crippen LogP contribution in [0.4, 0.5) is 0 Å². The summed E-state index contributed by atoms with van der Waals surface area (Å²) >= 11 is 0. The molecule has 0 aliphatic rings. The third kappa shape index (κ3) is 4.61. The van der Waals surface area contributed by atoms with Gasteiger partial charge in [0.2, 0.25) is 0 Å². The molecule has 4 aromatic rings. The van der Waals surface area contributed by atoms with Crippen LogP contribution in [0.1, 0.15) is 32.4 Å². The van der Waals surface area contributed by atoms with Gasteiger partial charge >= 0.3 is 11.9 Å². The third-order valence-corrected chi connectivity index (χ3v) is 4.13. The van der Waals surface area contributed by atoms with Crippen LogP contribution < -0.4 is 0 Å². The van der Waals surface area contributed by atoms with Crippen LogP contribution in [0, 0.1) is 0 Å². The monoisotopic (exact) mass is 400 g/mol. The van der Waals surface area contributed by atoms with Crippen molar-refractivity contribution in [3.63, 3.8) is 0 Å². The minimum atomic E-state index is -0.604. The molecule has 8 nitrogen and oxygen atoms in total. The molecule has 0 radical (unpaired) electrons. The average molecular weight is 400 g/mol. The highest BCUT2D eigenvalue weighted by molar-refractivity contribution is 5.92. The quantitative estimate of drug-likeness (QED) is 0.455. The second-order valence-corrected chi connectivity index (χ2v) is 6.23. The summed E-state index contributed by atoms with van der Waals surface area (Å²) in [5.74, 6) is -1.21. The van der Waals surface area contributed by atoms with Crippen LogP contribution in [0.2, 0.25) is 0 Å². The first-order chi connectivity index (χ1) is 14.7. The minimum absolute atomic E-state index is 0.0344. The van der Waals surface area contributed by atoms with Gasteiger partial charge in [0.1, 0.15) is 13.2 Å². The number of aromatic nitrogens is 4. The Bertz CT molecular complexity index is 1090. The summed E-state index contributed by atoms with van der Waals surface area (Å²) < 4.78 is 10.5. The molecule has 0 aromatic carbocycles. The van der Waals surface area contributed by atoms with Crippen LogP contribution in [-0.4, -0.2) is 31.9 Å². The van der Waals surface area contributed by atoms with Crippen molar-refractivity contribution < 1.29 is 19.1 Å². The average Bonchev–Trinajstić information content (AvgIpc) is 2.81. The summed E-state index contributed by atoms with van der Waals surface area (Å²) in [5, 5.41) is 0.678. The molecule has 0 fully saturated rings. The molecular weight excluding hydrogens is 384 g/mol. The van der Waals surface area contributed by atoms with Gasteiger partial charge in [0.25, 0.3) is 0 Å². The first-order valence-electron chi connectivity index (χ1n) is 9.11. The Morgan fingerprint density at radius 1 is 0.667 bits per heavy atom. The zero-order valence-corrected chi connectivity index (χ0v) is 15.8. The molecule has 0 atom stereocenters. The van der Waals surface area contributed by atoms with Crippen LogP contribution in [0.15, 0.2) is 73.1 Å². The molecule has 8 heteroatoms. The summed E-state index contributed by atoms with van der Waals surface area (Å²) in [7, 11) is 0. The lowest BCUT2D eigenvalue weighted by Crippen LogP contribution is -2.10. The maximum atomic E-state index is 12.3. The molecule has 0 bridgehead atoms. The molecule has 4 rings (SSSR count). The molecule has 0 N–H and O–H groups in total. The highest BCUT2D eigenvalue weighted by atomic mass is 16.5. The maximum Gasteiger partial charge on any atom is 0.357 e. The maximum absolute atomic E-state index is 12.3. The first-order valence-corrected chi connectivity index (χ1v) is 9.11. The molecular formula is C22H16N4O4. The van der Waals surface area contributed by atoms with Crippen molar-refractivity contribution in [1.82, 2.24) is 19.9 Å². The third-order valence-electron chi connectivity index (χ3n) is 4.13. The Kier molecular flexibility index (Phi) is 5.66. The van der Waals surface area contributed by atoms with Crippen LogP contribution in [0.25, 0.3) is 11.0 Å². The van der Waals surface area contributed by atoms with Gasteiger partial charge in [-0.3, -0.25) is 9.97 Å². The summed E-state index contributed by atoms with van der Waals surface area (Å²) in [5.41, 5.74) is 1.68. The summed E-state index contributed by atoms with van der Waals surface area (Å²) in [4.78, 5) is 41.2. The second-order valence-electron chi connectivity index (χ2n) is 6.23. The summed E-state index contributed by atoms with van der Waals surface area (Å²) in [6.07, 6.45) is 3.24. The van der Waals surface area contributed by atoms with Crippen molar-refractivity contribution in [2.24, 2.45) is 0 Å². The van der Waals surface area contributed by atoms with E-state index in [1.54, 1.807) is 60.9 Å². The van der Waals surface area contributed by atoms with Crippen molar-refractivity contribution in [1.29, 1.82) is 0 Å². The smallest absolute Gasteiger partial charge is 0.357 e. The van der Waals surface area contributed by atoms with E-state index in [1.165, 1.54) is 0 Å². The summed E-state index contributed by atoms with van der Waals surface area (Å²) in [6.45, 7) is 0.0689. The van der Waals surface area contributed by atoms with E-state index in [4.69, 9.17) is 9.47 Å². The SMILES string of the molecule is O=C(OCc1ccccn1)c1ccc2ccc(C(=O)OCc3ccccn3)nc2n1. The molecule has 0 amide bonds. The number of ether oxygens (including phenoxy) is 2. The van der Waals surface area contributed by atoms with E-state index in [-0.39, 0.29) is 30.2 Å². The summed E-state index contributed by atoms with van der Waals surface area (Å²) in [6, 6.07) is 17.2. The highest BCUT2D eigenvalue weighted by Gasteiger charge is 2.14. The zero-order valence-electron chi connectivity index (χ0n) is 15.8. The van der Waals surface area contributed by atoms with Crippen LogP contribution in [0.5, 0.6) is 0 Å². The van der Waals surface area contributed by atoms with E-state index in [2.05, 4.69) is 19.9 Å². The van der Waals surface area contributed by atoms with E-state index >= 15 is 0 Å². The number of hydrogen-bond donors (Lipinski definition) is 0. The van der Waals surface area contributed by atoms with Gasteiger partial charge in [-0.05, 0) is 48.5 Å². The van der Waals surface area contributed by atoms with Crippen molar-refractivity contribution in [3.05, 3.63) is 95.8 Å². The normalized spacial score (nSPS) is 10.5.